The number of aryl methyl sites for hydroxylation is 2. The second kappa shape index (κ2) is 8.18. The molecule has 1 aliphatic rings. The van der Waals surface area contributed by atoms with Crippen LogP contribution in [0.1, 0.15) is 17.0 Å². The molecule has 1 aromatic carbocycles. The van der Waals surface area contributed by atoms with Crippen LogP contribution < -0.4 is 0 Å². The topological polar surface area (TPSA) is 75.5 Å². The summed E-state index contributed by atoms with van der Waals surface area (Å²) >= 11 is 3.31. The first-order valence-electron chi connectivity index (χ1n) is 8.93. The van der Waals surface area contributed by atoms with Crippen molar-refractivity contribution in [2.24, 2.45) is 7.05 Å². The Bertz CT molecular complexity index is 1000. The monoisotopic (exact) mass is 466 g/mol. The summed E-state index contributed by atoms with van der Waals surface area (Å²) in [6, 6.07) is 6.58. The lowest BCUT2D eigenvalue weighted by Gasteiger charge is -2.33. The molecule has 0 saturated carbocycles. The first kappa shape index (κ1) is 20.8. The number of amides is 1. The van der Waals surface area contributed by atoms with Crippen LogP contribution in [0.4, 0.5) is 0 Å². The van der Waals surface area contributed by atoms with E-state index < -0.39 is 10.0 Å². The Kier molecular flexibility index (Phi) is 6.07. The molecule has 0 atom stereocenters. The van der Waals surface area contributed by atoms with Gasteiger partial charge in [0.2, 0.25) is 15.9 Å². The third-order valence-corrected chi connectivity index (χ3v) is 7.40. The zero-order valence-electron chi connectivity index (χ0n) is 16.1. The Balaban J connectivity index is 1.64. The smallest absolute Gasteiger partial charge is 0.246 e. The number of sulfonamides is 1. The van der Waals surface area contributed by atoms with E-state index in [1.54, 1.807) is 39.9 Å². The van der Waals surface area contributed by atoms with Gasteiger partial charge >= 0.3 is 0 Å². The molecule has 3 rings (SSSR count). The maximum absolute atomic E-state index is 12.7. The SMILES string of the molecule is Cc1nn(C)c(C)c1/C=C/C(=O)N1CCN(S(=O)(=O)c2ccc(Br)cc2)CC1. The Morgan fingerprint density at radius 2 is 1.71 bits per heavy atom. The van der Waals surface area contributed by atoms with Crippen LogP contribution in [0.25, 0.3) is 6.08 Å². The molecule has 0 radical (unpaired) electrons. The van der Waals surface area contributed by atoms with Gasteiger partial charge in [0.25, 0.3) is 0 Å². The third-order valence-electron chi connectivity index (χ3n) is 4.96. The van der Waals surface area contributed by atoms with Gasteiger partial charge in [-0.05, 0) is 44.2 Å². The van der Waals surface area contributed by atoms with Gasteiger partial charge in [-0.2, -0.15) is 9.40 Å². The van der Waals surface area contributed by atoms with Crippen LogP contribution in [0.15, 0.2) is 39.7 Å². The van der Waals surface area contributed by atoms with Crippen molar-refractivity contribution in [1.82, 2.24) is 19.0 Å². The lowest BCUT2D eigenvalue weighted by molar-refractivity contribution is -0.127. The minimum absolute atomic E-state index is 0.122. The summed E-state index contributed by atoms with van der Waals surface area (Å²) < 4.78 is 29.5. The van der Waals surface area contributed by atoms with E-state index in [0.717, 1.165) is 21.4 Å². The molecule has 2 heterocycles. The van der Waals surface area contributed by atoms with Crippen molar-refractivity contribution in [1.29, 1.82) is 0 Å². The summed E-state index contributed by atoms with van der Waals surface area (Å²) in [6.45, 7) is 5.15. The van der Waals surface area contributed by atoms with E-state index in [0.29, 0.717) is 13.1 Å². The highest BCUT2D eigenvalue weighted by atomic mass is 79.9. The van der Waals surface area contributed by atoms with Crippen LogP contribution in [0.3, 0.4) is 0 Å². The molecular weight excluding hydrogens is 444 g/mol. The molecule has 0 N–H and O–H groups in total. The van der Waals surface area contributed by atoms with Gasteiger partial charge in [0.15, 0.2) is 0 Å². The number of halogens is 1. The lowest BCUT2D eigenvalue weighted by Crippen LogP contribution is -2.50. The molecule has 0 spiro atoms. The Hall–Kier alpha value is -1.97. The standard InChI is InChI=1S/C19H23BrN4O3S/c1-14-18(15(2)22(3)21-14)8-9-19(25)23-10-12-24(13-11-23)28(26,27)17-6-4-16(20)5-7-17/h4-9H,10-13H2,1-3H3/b9-8+. The number of nitrogens with zero attached hydrogens (tertiary/aromatic N) is 4. The highest BCUT2D eigenvalue weighted by Gasteiger charge is 2.29. The Morgan fingerprint density at radius 1 is 1.11 bits per heavy atom. The number of piperazine rings is 1. The van der Waals surface area contributed by atoms with Gasteiger partial charge < -0.3 is 4.90 Å². The molecule has 2 aromatic rings. The van der Waals surface area contributed by atoms with E-state index in [9.17, 15) is 13.2 Å². The number of hydrogen-bond acceptors (Lipinski definition) is 4. The number of carbonyl (C=O) groups excluding carboxylic acids is 1. The zero-order valence-corrected chi connectivity index (χ0v) is 18.5. The minimum atomic E-state index is -3.55. The molecule has 0 unspecified atom stereocenters. The first-order chi connectivity index (χ1) is 13.2. The number of benzene rings is 1. The third kappa shape index (κ3) is 4.21. The second-order valence-corrected chi connectivity index (χ2v) is 9.58. The van der Waals surface area contributed by atoms with E-state index in [2.05, 4.69) is 21.0 Å². The fourth-order valence-corrected chi connectivity index (χ4v) is 4.88. The van der Waals surface area contributed by atoms with E-state index >= 15 is 0 Å². The van der Waals surface area contributed by atoms with Gasteiger partial charge in [-0.25, -0.2) is 8.42 Å². The van der Waals surface area contributed by atoms with E-state index in [1.165, 1.54) is 10.4 Å². The van der Waals surface area contributed by atoms with Crippen LogP contribution in [0, 0.1) is 13.8 Å². The summed E-state index contributed by atoms with van der Waals surface area (Å²) in [5.41, 5.74) is 2.80. The summed E-state index contributed by atoms with van der Waals surface area (Å²) in [5.74, 6) is -0.122. The van der Waals surface area contributed by atoms with Crippen LogP contribution in [-0.4, -0.2) is 59.5 Å². The van der Waals surface area contributed by atoms with Gasteiger partial charge in [0.05, 0.1) is 10.6 Å². The Morgan fingerprint density at radius 3 is 2.25 bits per heavy atom. The average molecular weight is 467 g/mol. The minimum Gasteiger partial charge on any atom is -0.337 e. The second-order valence-electron chi connectivity index (χ2n) is 6.72. The maximum Gasteiger partial charge on any atom is 0.246 e. The molecule has 1 saturated heterocycles. The molecule has 1 fully saturated rings. The molecular formula is C19H23BrN4O3S. The van der Waals surface area contributed by atoms with Crippen molar-refractivity contribution in [3.63, 3.8) is 0 Å². The summed E-state index contributed by atoms with van der Waals surface area (Å²) in [5, 5.41) is 4.34. The molecule has 1 aliphatic heterocycles. The van der Waals surface area contributed by atoms with Crippen LogP contribution in [0.5, 0.6) is 0 Å². The molecule has 9 heteroatoms. The van der Waals surface area contributed by atoms with Gasteiger partial charge in [0.1, 0.15) is 0 Å². The van der Waals surface area contributed by atoms with Gasteiger partial charge in [-0.15, -0.1) is 0 Å². The van der Waals surface area contributed by atoms with Crippen molar-refractivity contribution in [3.05, 3.63) is 51.8 Å². The molecule has 1 aromatic heterocycles. The molecule has 7 nitrogen and oxygen atoms in total. The normalized spacial score (nSPS) is 16.1. The summed E-state index contributed by atoms with van der Waals surface area (Å²) in [6.07, 6.45) is 3.32. The average Bonchev–Trinajstić information content (AvgIpc) is 2.92. The number of aromatic nitrogens is 2. The van der Waals surface area contributed by atoms with E-state index in [-0.39, 0.29) is 23.9 Å². The van der Waals surface area contributed by atoms with E-state index in [1.807, 2.05) is 20.9 Å². The highest BCUT2D eigenvalue weighted by Crippen LogP contribution is 2.20. The first-order valence-corrected chi connectivity index (χ1v) is 11.2. The van der Waals surface area contributed by atoms with E-state index in [4.69, 9.17) is 0 Å². The molecule has 0 aliphatic carbocycles. The number of rotatable bonds is 4. The van der Waals surface area contributed by atoms with Crippen molar-refractivity contribution in [2.75, 3.05) is 26.2 Å². The molecule has 1 amide bonds. The number of hydrogen-bond donors (Lipinski definition) is 0. The van der Waals surface area contributed by atoms with Crippen molar-refractivity contribution in [2.45, 2.75) is 18.7 Å². The quantitative estimate of drug-likeness (QED) is 0.648. The number of carbonyl (C=O) groups is 1. The predicted octanol–water partition coefficient (Wildman–Crippen LogP) is 2.35. The summed E-state index contributed by atoms with van der Waals surface area (Å²) in [4.78, 5) is 14.4. The highest BCUT2D eigenvalue weighted by molar-refractivity contribution is 9.10. The lowest BCUT2D eigenvalue weighted by atomic mass is 10.2. The predicted molar refractivity (Wildman–Crippen MR) is 111 cm³/mol. The maximum atomic E-state index is 12.7. The van der Waals surface area contributed by atoms with Crippen molar-refractivity contribution >= 4 is 37.9 Å². The zero-order chi connectivity index (χ0) is 20.5. The Labute approximate surface area is 173 Å². The van der Waals surface area contributed by atoms with Crippen LogP contribution in [-0.2, 0) is 21.9 Å². The fraction of sp³-hybridized carbons (Fsp3) is 0.368. The van der Waals surface area contributed by atoms with Gasteiger partial charge in [-0.1, -0.05) is 15.9 Å². The molecule has 0 bridgehead atoms. The molecule has 28 heavy (non-hydrogen) atoms. The van der Waals surface area contributed by atoms with Gasteiger partial charge in [-0.3, -0.25) is 9.48 Å². The van der Waals surface area contributed by atoms with Crippen LogP contribution in [0.2, 0.25) is 0 Å². The van der Waals surface area contributed by atoms with Gasteiger partial charge in [0, 0.05) is 55.0 Å². The molecule has 150 valence electrons. The van der Waals surface area contributed by atoms with Crippen LogP contribution >= 0.6 is 15.9 Å². The fourth-order valence-electron chi connectivity index (χ4n) is 3.20. The summed E-state index contributed by atoms with van der Waals surface area (Å²) in [7, 11) is -1.68. The van der Waals surface area contributed by atoms with Crippen molar-refractivity contribution < 1.29 is 13.2 Å². The van der Waals surface area contributed by atoms with Crippen molar-refractivity contribution in [3.8, 4) is 0 Å². The largest absolute Gasteiger partial charge is 0.337 e.